The van der Waals surface area contributed by atoms with E-state index in [9.17, 15) is 9.59 Å². The number of carbonyl (C=O) groups excluding carboxylic acids is 2. The van der Waals surface area contributed by atoms with Gasteiger partial charge in [-0.05, 0) is 49.1 Å². The Morgan fingerprint density at radius 1 is 0.839 bits per heavy atom. The van der Waals surface area contributed by atoms with Gasteiger partial charge in [0.1, 0.15) is 11.5 Å². The van der Waals surface area contributed by atoms with E-state index in [1.54, 1.807) is 16.7 Å². The van der Waals surface area contributed by atoms with Crippen LogP contribution in [-0.4, -0.2) is 60.5 Å². The smallest absolute Gasteiger partial charge is 0.263 e. The summed E-state index contributed by atoms with van der Waals surface area (Å²) in [6.07, 6.45) is 0.159. The normalized spacial score (nSPS) is 15.4. The van der Waals surface area contributed by atoms with Crippen molar-refractivity contribution < 1.29 is 19.1 Å². The molecule has 6 nitrogen and oxygen atoms in total. The van der Waals surface area contributed by atoms with Gasteiger partial charge in [0, 0.05) is 26.2 Å². The molecule has 1 fully saturated rings. The van der Waals surface area contributed by atoms with Gasteiger partial charge in [0.2, 0.25) is 0 Å². The van der Waals surface area contributed by atoms with Gasteiger partial charge in [0.25, 0.3) is 11.8 Å². The van der Waals surface area contributed by atoms with Gasteiger partial charge in [-0.3, -0.25) is 9.59 Å². The van der Waals surface area contributed by atoms with Crippen molar-refractivity contribution in [3.05, 3.63) is 60.2 Å². The highest BCUT2D eigenvalue weighted by Gasteiger charge is 2.26. The molecule has 0 bridgehead atoms. The average molecular weight is 425 g/mol. The maximum absolute atomic E-state index is 12.9. The maximum atomic E-state index is 12.9. The highest BCUT2D eigenvalue weighted by atomic mass is 16.5. The zero-order chi connectivity index (χ0) is 22.2. The molecule has 6 heteroatoms. The quantitative estimate of drug-likeness (QED) is 0.680. The van der Waals surface area contributed by atoms with E-state index in [2.05, 4.69) is 13.8 Å². The number of carbonyl (C=O) groups is 2. The topological polar surface area (TPSA) is 59.1 Å². The molecular formula is C25H32N2O4. The predicted octanol–water partition coefficient (Wildman–Crippen LogP) is 3.72. The number of rotatable bonds is 7. The van der Waals surface area contributed by atoms with Crippen LogP contribution in [0.2, 0.25) is 0 Å². The SMILES string of the molecule is CC(Oc1ccc(C(C)C)cc1)C(=O)N1CCCN(C(=O)COc2ccccc2)CC1. The molecule has 1 unspecified atom stereocenters. The Kier molecular flexibility index (Phi) is 7.93. The summed E-state index contributed by atoms with van der Waals surface area (Å²) < 4.78 is 11.4. The Morgan fingerprint density at radius 3 is 2.16 bits per heavy atom. The molecular weight excluding hydrogens is 392 g/mol. The third-order valence-electron chi connectivity index (χ3n) is 5.47. The molecule has 1 atom stereocenters. The third kappa shape index (κ3) is 6.48. The fourth-order valence-corrected chi connectivity index (χ4v) is 3.58. The van der Waals surface area contributed by atoms with Crippen LogP contribution in [0, 0.1) is 0 Å². The van der Waals surface area contributed by atoms with Crippen molar-refractivity contribution in [3.63, 3.8) is 0 Å². The lowest BCUT2D eigenvalue weighted by Gasteiger charge is -2.25. The molecule has 0 aromatic heterocycles. The molecule has 31 heavy (non-hydrogen) atoms. The maximum Gasteiger partial charge on any atom is 0.263 e. The molecule has 0 N–H and O–H groups in total. The largest absolute Gasteiger partial charge is 0.484 e. The van der Waals surface area contributed by atoms with Crippen LogP contribution in [-0.2, 0) is 9.59 Å². The van der Waals surface area contributed by atoms with E-state index >= 15 is 0 Å². The Balaban J connectivity index is 1.48. The average Bonchev–Trinajstić information content (AvgIpc) is 3.04. The van der Waals surface area contributed by atoms with E-state index in [-0.39, 0.29) is 18.4 Å². The second-order valence-corrected chi connectivity index (χ2v) is 8.15. The van der Waals surface area contributed by atoms with Crippen LogP contribution in [0.3, 0.4) is 0 Å². The van der Waals surface area contributed by atoms with Crippen LogP contribution in [0.25, 0.3) is 0 Å². The van der Waals surface area contributed by atoms with Gasteiger partial charge in [-0.25, -0.2) is 0 Å². The highest BCUT2D eigenvalue weighted by molar-refractivity contribution is 5.81. The molecule has 2 aromatic carbocycles. The standard InChI is InChI=1S/C25H32N2O4/c1-19(2)21-10-12-23(13-11-21)31-20(3)25(29)27-15-7-14-26(16-17-27)24(28)18-30-22-8-5-4-6-9-22/h4-6,8-13,19-20H,7,14-18H2,1-3H3. The van der Waals surface area contributed by atoms with Crippen molar-refractivity contribution in [2.75, 3.05) is 32.8 Å². The number of benzene rings is 2. The van der Waals surface area contributed by atoms with Gasteiger partial charge < -0.3 is 19.3 Å². The van der Waals surface area contributed by atoms with Crippen molar-refractivity contribution >= 4 is 11.8 Å². The number of para-hydroxylation sites is 1. The van der Waals surface area contributed by atoms with Crippen molar-refractivity contribution in [2.45, 2.75) is 39.2 Å². The van der Waals surface area contributed by atoms with Gasteiger partial charge in [-0.1, -0.05) is 44.2 Å². The van der Waals surface area contributed by atoms with Crippen LogP contribution in [0.5, 0.6) is 11.5 Å². The molecule has 3 rings (SSSR count). The molecule has 0 spiro atoms. The summed E-state index contributed by atoms with van der Waals surface area (Å²) in [5.41, 5.74) is 1.24. The minimum absolute atomic E-state index is 0.00382. The minimum atomic E-state index is -0.575. The molecule has 2 amide bonds. The summed E-state index contributed by atoms with van der Waals surface area (Å²) in [5.74, 6) is 1.70. The van der Waals surface area contributed by atoms with Crippen molar-refractivity contribution in [1.29, 1.82) is 0 Å². The van der Waals surface area contributed by atoms with Crippen LogP contribution < -0.4 is 9.47 Å². The first-order valence-electron chi connectivity index (χ1n) is 10.9. The van der Waals surface area contributed by atoms with E-state index in [1.807, 2.05) is 54.6 Å². The molecule has 2 aromatic rings. The lowest BCUT2D eigenvalue weighted by molar-refractivity contribution is -0.138. The van der Waals surface area contributed by atoms with Crippen molar-refractivity contribution in [3.8, 4) is 11.5 Å². The number of hydrogen-bond donors (Lipinski definition) is 0. The summed E-state index contributed by atoms with van der Waals surface area (Å²) >= 11 is 0. The molecule has 1 heterocycles. The molecule has 0 aliphatic carbocycles. The minimum Gasteiger partial charge on any atom is -0.484 e. The van der Waals surface area contributed by atoms with E-state index in [0.29, 0.717) is 43.6 Å². The summed E-state index contributed by atoms with van der Waals surface area (Å²) in [6.45, 7) is 8.29. The number of amides is 2. The van der Waals surface area contributed by atoms with Gasteiger partial charge >= 0.3 is 0 Å². The van der Waals surface area contributed by atoms with Gasteiger partial charge in [0.15, 0.2) is 12.7 Å². The molecule has 1 saturated heterocycles. The van der Waals surface area contributed by atoms with E-state index in [1.165, 1.54) is 5.56 Å². The van der Waals surface area contributed by atoms with E-state index in [0.717, 1.165) is 6.42 Å². The third-order valence-corrected chi connectivity index (χ3v) is 5.47. The zero-order valence-corrected chi connectivity index (χ0v) is 18.6. The Labute approximate surface area is 184 Å². The molecule has 166 valence electrons. The summed E-state index contributed by atoms with van der Waals surface area (Å²) in [5, 5.41) is 0. The molecule has 1 aliphatic rings. The lowest BCUT2D eigenvalue weighted by Crippen LogP contribution is -2.43. The zero-order valence-electron chi connectivity index (χ0n) is 18.6. The number of ether oxygens (including phenoxy) is 2. The first kappa shape index (κ1) is 22.7. The Hall–Kier alpha value is -3.02. The monoisotopic (exact) mass is 424 g/mol. The van der Waals surface area contributed by atoms with Gasteiger partial charge in [-0.2, -0.15) is 0 Å². The van der Waals surface area contributed by atoms with Crippen LogP contribution in [0.4, 0.5) is 0 Å². The van der Waals surface area contributed by atoms with Crippen LogP contribution >= 0.6 is 0 Å². The lowest BCUT2D eigenvalue weighted by atomic mass is 10.0. The first-order chi connectivity index (χ1) is 14.9. The van der Waals surface area contributed by atoms with Crippen molar-refractivity contribution in [2.24, 2.45) is 0 Å². The van der Waals surface area contributed by atoms with E-state index in [4.69, 9.17) is 9.47 Å². The Bertz CT molecular complexity index is 852. The molecule has 0 saturated carbocycles. The van der Waals surface area contributed by atoms with Gasteiger partial charge in [0.05, 0.1) is 0 Å². The highest BCUT2D eigenvalue weighted by Crippen LogP contribution is 2.20. The second kappa shape index (κ2) is 10.8. The second-order valence-electron chi connectivity index (χ2n) is 8.15. The molecule has 0 radical (unpaired) electrons. The van der Waals surface area contributed by atoms with Gasteiger partial charge in [-0.15, -0.1) is 0 Å². The predicted molar refractivity (Wildman–Crippen MR) is 120 cm³/mol. The first-order valence-corrected chi connectivity index (χ1v) is 10.9. The summed E-state index contributed by atoms with van der Waals surface area (Å²) in [6, 6.07) is 17.2. The fourth-order valence-electron chi connectivity index (χ4n) is 3.58. The van der Waals surface area contributed by atoms with Crippen LogP contribution in [0.15, 0.2) is 54.6 Å². The van der Waals surface area contributed by atoms with Crippen LogP contribution in [0.1, 0.15) is 38.7 Å². The number of hydrogen-bond acceptors (Lipinski definition) is 4. The van der Waals surface area contributed by atoms with Crippen molar-refractivity contribution in [1.82, 2.24) is 9.80 Å². The summed E-state index contributed by atoms with van der Waals surface area (Å²) in [7, 11) is 0. The number of nitrogens with zero attached hydrogens (tertiary/aromatic N) is 2. The summed E-state index contributed by atoms with van der Waals surface area (Å²) in [4.78, 5) is 29.0. The van der Waals surface area contributed by atoms with E-state index < -0.39 is 6.10 Å². The fraction of sp³-hybridized carbons (Fsp3) is 0.440. The Morgan fingerprint density at radius 2 is 1.48 bits per heavy atom. The molecule has 1 aliphatic heterocycles.